The number of fused-ring (bicyclic) bond motifs is 1. The molecule has 3 rings (SSSR count). The van der Waals surface area contributed by atoms with Crippen molar-refractivity contribution in [3.63, 3.8) is 0 Å². The van der Waals surface area contributed by atoms with Crippen LogP contribution in [0.15, 0.2) is 30.4 Å². The van der Waals surface area contributed by atoms with Gasteiger partial charge < -0.3 is 10.4 Å². The highest BCUT2D eigenvalue weighted by molar-refractivity contribution is 5.38. The third-order valence-electron chi connectivity index (χ3n) is 3.89. The number of phenolic OH excluding ortho intramolecular Hbond substituents is 1. The number of benzene rings is 1. The van der Waals surface area contributed by atoms with Crippen LogP contribution in [0.1, 0.15) is 42.9 Å². The second-order valence-corrected chi connectivity index (χ2v) is 5.13. The standard InChI is InChI=1S/C15H19NO/c17-13-8-9-14-11(10-13)4-3-7-15(14)16-12-5-1-2-6-12/h1-2,8-10,12,15-17H,3-7H2. The maximum atomic E-state index is 9.53. The van der Waals surface area contributed by atoms with E-state index in [1.165, 1.54) is 24.0 Å². The molecule has 2 heteroatoms. The molecule has 17 heavy (non-hydrogen) atoms. The summed E-state index contributed by atoms with van der Waals surface area (Å²) in [4.78, 5) is 0. The molecule has 0 radical (unpaired) electrons. The Bertz CT molecular complexity index is 431. The van der Waals surface area contributed by atoms with E-state index >= 15 is 0 Å². The van der Waals surface area contributed by atoms with Crippen LogP contribution in [0, 0.1) is 0 Å². The van der Waals surface area contributed by atoms with E-state index < -0.39 is 0 Å². The molecule has 0 bridgehead atoms. The molecule has 1 aromatic carbocycles. The Morgan fingerprint density at radius 1 is 1.18 bits per heavy atom. The zero-order valence-corrected chi connectivity index (χ0v) is 10.0. The van der Waals surface area contributed by atoms with Gasteiger partial charge in [0.2, 0.25) is 0 Å². The molecule has 0 spiro atoms. The van der Waals surface area contributed by atoms with E-state index in [1.807, 2.05) is 12.1 Å². The Morgan fingerprint density at radius 2 is 2.00 bits per heavy atom. The summed E-state index contributed by atoms with van der Waals surface area (Å²) in [6.07, 6.45) is 10.4. The fourth-order valence-corrected chi connectivity index (χ4v) is 3.01. The quantitative estimate of drug-likeness (QED) is 0.764. The lowest BCUT2D eigenvalue weighted by Crippen LogP contribution is -2.32. The molecule has 0 saturated carbocycles. The zero-order valence-electron chi connectivity index (χ0n) is 10.0. The van der Waals surface area contributed by atoms with E-state index in [2.05, 4.69) is 23.5 Å². The molecule has 90 valence electrons. The van der Waals surface area contributed by atoms with Gasteiger partial charge in [-0.25, -0.2) is 0 Å². The molecule has 2 aliphatic rings. The van der Waals surface area contributed by atoms with Gasteiger partial charge in [-0.15, -0.1) is 0 Å². The van der Waals surface area contributed by atoms with Crippen LogP contribution in [0.2, 0.25) is 0 Å². The third-order valence-corrected chi connectivity index (χ3v) is 3.89. The highest BCUT2D eigenvalue weighted by Crippen LogP contribution is 2.32. The molecule has 1 unspecified atom stereocenters. The summed E-state index contributed by atoms with van der Waals surface area (Å²) in [5.74, 6) is 0.395. The summed E-state index contributed by atoms with van der Waals surface area (Å²) in [5, 5.41) is 13.3. The van der Waals surface area contributed by atoms with Crippen LogP contribution in [0.25, 0.3) is 0 Å². The van der Waals surface area contributed by atoms with Gasteiger partial charge in [0.15, 0.2) is 0 Å². The SMILES string of the molecule is Oc1ccc2c(c1)CCCC2NC1CC=CC1. The van der Waals surface area contributed by atoms with Crippen LogP contribution in [0.5, 0.6) is 5.75 Å². The van der Waals surface area contributed by atoms with Crippen molar-refractivity contribution >= 4 is 0 Å². The molecular formula is C15H19NO. The van der Waals surface area contributed by atoms with Crippen LogP contribution >= 0.6 is 0 Å². The maximum absolute atomic E-state index is 9.53. The van der Waals surface area contributed by atoms with Gasteiger partial charge in [-0.05, 0) is 55.4 Å². The largest absolute Gasteiger partial charge is 0.508 e. The van der Waals surface area contributed by atoms with Gasteiger partial charge >= 0.3 is 0 Å². The van der Waals surface area contributed by atoms with Crippen molar-refractivity contribution in [2.75, 3.05) is 0 Å². The molecule has 0 amide bonds. The van der Waals surface area contributed by atoms with Crippen LogP contribution in [-0.4, -0.2) is 11.1 Å². The molecule has 2 nitrogen and oxygen atoms in total. The molecule has 1 atom stereocenters. The molecule has 0 saturated heterocycles. The molecule has 0 fully saturated rings. The zero-order chi connectivity index (χ0) is 11.7. The molecule has 2 N–H and O–H groups in total. The van der Waals surface area contributed by atoms with Crippen LogP contribution in [0.4, 0.5) is 0 Å². The van der Waals surface area contributed by atoms with E-state index in [0.717, 1.165) is 19.3 Å². The number of hydrogen-bond donors (Lipinski definition) is 2. The summed E-state index contributed by atoms with van der Waals surface area (Å²) >= 11 is 0. The van der Waals surface area contributed by atoms with Gasteiger partial charge in [0.25, 0.3) is 0 Å². The van der Waals surface area contributed by atoms with Crippen LogP contribution in [0.3, 0.4) is 0 Å². The topological polar surface area (TPSA) is 32.3 Å². The van der Waals surface area contributed by atoms with Gasteiger partial charge in [-0.3, -0.25) is 0 Å². The summed E-state index contributed by atoms with van der Waals surface area (Å²) in [7, 11) is 0. The van der Waals surface area contributed by atoms with Crippen molar-refractivity contribution in [1.82, 2.24) is 5.32 Å². The monoisotopic (exact) mass is 229 g/mol. The number of nitrogens with one attached hydrogen (secondary N) is 1. The van der Waals surface area contributed by atoms with E-state index in [-0.39, 0.29) is 0 Å². The minimum Gasteiger partial charge on any atom is -0.508 e. The Labute approximate surface area is 102 Å². The predicted molar refractivity (Wildman–Crippen MR) is 69.1 cm³/mol. The average molecular weight is 229 g/mol. The lowest BCUT2D eigenvalue weighted by atomic mass is 9.87. The Kier molecular flexibility index (Phi) is 2.89. The van der Waals surface area contributed by atoms with Crippen molar-refractivity contribution in [2.24, 2.45) is 0 Å². The Morgan fingerprint density at radius 3 is 2.82 bits per heavy atom. The summed E-state index contributed by atoms with van der Waals surface area (Å²) in [6, 6.07) is 6.91. The lowest BCUT2D eigenvalue weighted by Gasteiger charge is -2.29. The summed E-state index contributed by atoms with van der Waals surface area (Å²) < 4.78 is 0. The molecular weight excluding hydrogens is 210 g/mol. The van der Waals surface area contributed by atoms with Crippen LogP contribution in [-0.2, 0) is 6.42 Å². The minimum atomic E-state index is 0.395. The average Bonchev–Trinajstić information content (AvgIpc) is 2.82. The van der Waals surface area contributed by atoms with Crippen molar-refractivity contribution in [2.45, 2.75) is 44.2 Å². The fourth-order valence-electron chi connectivity index (χ4n) is 3.01. The van der Waals surface area contributed by atoms with Crippen molar-refractivity contribution < 1.29 is 5.11 Å². The summed E-state index contributed by atoms with van der Waals surface area (Å²) in [5.41, 5.74) is 2.71. The van der Waals surface area contributed by atoms with Gasteiger partial charge in [0.05, 0.1) is 0 Å². The molecule has 0 aromatic heterocycles. The number of hydrogen-bond acceptors (Lipinski definition) is 2. The lowest BCUT2D eigenvalue weighted by molar-refractivity contribution is 0.401. The summed E-state index contributed by atoms with van der Waals surface area (Å²) in [6.45, 7) is 0. The highest BCUT2D eigenvalue weighted by Gasteiger charge is 2.23. The number of phenols is 1. The van der Waals surface area contributed by atoms with Gasteiger partial charge in [-0.2, -0.15) is 0 Å². The predicted octanol–water partition coefficient (Wildman–Crippen LogP) is 3.08. The van der Waals surface area contributed by atoms with Crippen LogP contribution < -0.4 is 5.32 Å². The van der Waals surface area contributed by atoms with Gasteiger partial charge in [0, 0.05) is 12.1 Å². The first kappa shape index (κ1) is 10.8. The van der Waals surface area contributed by atoms with Crippen molar-refractivity contribution in [3.05, 3.63) is 41.5 Å². The maximum Gasteiger partial charge on any atom is 0.115 e. The normalized spacial score (nSPS) is 23.9. The minimum absolute atomic E-state index is 0.395. The van der Waals surface area contributed by atoms with E-state index in [9.17, 15) is 5.11 Å². The first-order valence-corrected chi connectivity index (χ1v) is 6.56. The third kappa shape index (κ3) is 2.22. The first-order valence-electron chi connectivity index (χ1n) is 6.56. The molecule has 0 aliphatic heterocycles. The van der Waals surface area contributed by atoms with Crippen molar-refractivity contribution in [1.29, 1.82) is 0 Å². The fraction of sp³-hybridized carbons (Fsp3) is 0.467. The van der Waals surface area contributed by atoms with Gasteiger partial charge in [-0.1, -0.05) is 18.2 Å². The van der Waals surface area contributed by atoms with Crippen molar-refractivity contribution in [3.8, 4) is 5.75 Å². The Balaban J connectivity index is 1.79. The first-order chi connectivity index (χ1) is 8.33. The highest BCUT2D eigenvalue weighted by atomic mass is 16.3. The molecule has 2 aliphatic carbocycles. The Hall–Kier alpha value is -1.28. The van der Waals surface area contributed by atoms with Gasteiger partial charge in [0.1, 0.15) is 5.75 Å². The second-order valence-electron chi connectivity index (χ2n) is 5.13. The number of rotatable bonds is 2. The number of aromatic hydroxyl groups is 1. The van der Waals surface area contributed by atoms with E-state index in [4.69, 9.17) is 0 Å². The molecule has 1 aromatic rings. The number of aryl methyl sites for hydroxylation is 1. The van der Waals surface area contributed by atoms with E-state index in [0.29, 0.717) is 17.8 Å². The smallest absolute Gasteiger partial charge is 0.115 e. The van der Waals surface area contributed by atoms with E-state index in [1.54, 1.807) is 0 Å². The second kappa shape index (κ2) is 4.53. The molecule has 0 heterocycles.